The molecule has 0 radical (unpaired) electrons. The highest BCUT2D eigenvalue weighted by molar-refractivity contribution is 6.38. The third-order valence-corrected chi connectivity index (χ3v) is 3.61. The van der Waals surface area contributed by atoms with Gasteiger partial charge in [-0.05, 0) is 19.1 Å². The summed E-state index contributed by atoms with van der Waals surface area (Å²) in [5, 5.41) is 13.8. The summed E-state index contributed by atoms with van der Waals surface area (Å²) in [7, 11) is 0. The minimum Gasteiger partial charge on any atom is -0.396 e. The number of hydrazone groups is 1. The molecule has 116 valence electrons. The van der Waals surface area contributed by atoms with Gasteiger partial charge in [-0.25, -0.2) is 10.4 Å². The van der Waals surface area contributed by atoms with Crippen LogP contribution in [0.3, 0.4) is 0 Å². The van der Waals surface area contributed by atoms with Crippen LogP contribution >= 0.6 is 23.2 Å². The summed E-state index contributed by atoms with van der Waals surface area (Å²) in [6, 6.07) is 5.13. The summed E-state index contributed by atoms with van der Waals surface area (Å²) in [6.45, 7) is 1.58. The molecular formula is C14H14Cl2N4O2. The number of aliphatic hydroxyl groups is 1. The van der Waals surface area contributed by atoms with E-state index in [1.54, 1.807) is 25.1 Å². The zero-order valence-electron chi connectivity index (χ0n) is 11.7. The number of hydrogen-bond acceptors (Lipinski definition) is 5. The van der Waals surface area contributed by atoms with Crippen LogP contribution in [0.1, 0.15) is 16.8 Å². The zero-order chi connectivity index (χ0) is 16.1. The van der Waals surface area contributed by atoms with Crippen molar-refractivity contribution in [2.75, 3.05) is 12.0 Å². The highest BCUT2D eigenvalue weighted by Gasteiger charge is 2.07. The molecule has 0 atom stereocenters. The highest BCUT2D eigenvalue weighted by atomic mass is 35.5. The maximum Gasteiger partial charge on any atom is 0.255 e. The predicted octanol–water partition coefficient (Wildman–Crippen LogP) is 2.37. The van der Waals surface area contributed by atoms with Gasteiger partial charge in [0, 0.05) is 24.2 Å². The molecule has 6 nitrogen and oxygen atoms in total. The molecule has 0 unspecified atom stereocenters. The van der Waals surface area contributed by atoms with Gasteiger partial charge < -0.3 is 5.11 Å². The number of H-pyrrole nitrogens is 1. The Morgan fingerprint density at radius 2 is 2.09 bits per heavy atom. The van der Waals surface area contributed by atoms with Crippen molar-refractivity contribution in [2.24, 2.45) is 5.10 Å². The maximum absolute atomic E-state index is 11.9. The smallest absolute Gasteiger partial charge is 0.255 e. The van der Waals surface area contributed by atoms with Crippen molar-refractivity contribution >= 4 is 35.4 Å². The molecule has 2 aromatic rings. The van der Waals surface area contributed by atoms with E-state index in [9.17, 15) is 4.79 Å². The number of nitrogens with zero attached hydrogens (tertiary/aromatic N) is 2. The summed E-state index contributed by atoms with van der Waals surface area (Å²) in [6.07, 6.45) is 1.70. The fourth-order valence-electron chi connectivity index (χ4n) is 1.86. The number of halogens is 2. The van der Waals surface area contributed by atoms with Gasteiger partial charge in [0.2, 0.25) is 5.95 Å². The Morgan fingerprint density at radius 1 is 1.41 bits per heavy atom. The normalized spacial score (nSPS) is 11.1. The average Bonchev–Trinajstić information content (AvgIpc) is 2.46. The third kappa shape index (κ3) is 3.85. The molecule has 0 spiro atoms. The molecule has 0 saturated heterocycles. The third-order valence-electron chi connectivity index (χ3n) is 2.95. The fourth-order valence-corrected chi connectivity index (χ4v) is 2.36. The van der Waals surface area contributed by atoms with Gasteiger partial charge in [-0.2, -0.15) is 5.10 Å². The van der Waals surface area contributed by atoms with Crippen molar-refractivity contribution < 1.29 is 5.11 Å². The Labute approximate surface area is 136 Å². The number of hydrogen-bond donors (Lipinski definition) is 3. The molecular weight excluding hydrogens is 327 g/mol. The van der Waals surface area contributed by atoms with E-state index in [0.29, 0.717) is 26.9 Å². The van der Waals surface area contributed by atoms with Gasteiger partial charge in [-0.15, -0.1) is 0 Å². The molecule has 0 amide bonds. The number of aryl methyl sites for hydroxylation is 1. The highest BCUT2D eigenvalue weighted by Crippen LogP contribution is 2.22. The van der Waals surface area contributed by atoms with Crippen LogP contribution in [0.15, 0.2) is 28.1 Å². The lowest BCUT2D eigenvalue weighted by Crippen LogP contribution is -2.19. The van der Waals surface area contributed by atoms with Gasteiger partial charge in [0.25, 0.3) is 5.56 Å². The first-order valence-electron chi connectivity index (χ1n) is 6.46. The zero-order valence-corrected chi connectivity index (χ0v) is 13.2. The number of nitrogens with one attached hydrogen (secondary N) is 2. The summed E-state index contributed by atoms with van der Waals surface area (Å²) in [4.78, 5) is 18.6. The maximum atomic E-state index is 11.9. The van der Waals surface area contributed by atoms with Crippen LogP contribution in [0.5, 0.6) is 0 Å². The summed E-state index contributed by atoms with van der Waals surface area (Å²) >= 11 is 12.0. The first-order valence-corrected chi connectivity index (χ1v) is 7.22. The lowest BCUT2D eigenvalue weighted by Gasteiger charge is -2.05. The topological polar surface area (TPSA) is 90.4 Å². The minimum atomic E-state index is -0.310. The molecule has 0 aliphatic heterocycles. The van der Waals surface area contributed by atoms with E-state index >= 15 is 0 Å². The Hall–Kier alpha value is -1.89. The molecule has 0 aliphatic rings. The van der Waals surface area contributed by atoms with Crippen LogP contribution in [0.25, 0.3) is 0 Å². The molecule has 22 heavy (non-hydrogen) atoms. The van der Waals surface area contributed by atoms with Gasteiger partial charge in [-0.1, -0.05) is 29.3 Å². The van der Waals surface area contributed by atoms with Crippen LogP contribution in [0.4, 0.5) is 5.95 Å². The van der Waals surface area contributed by atoms with Crippen LogP contribution < -0.4 is 11.0 Å². The average molecular weight is 341 g/mol. The van der Waals surface area contributed by atoms with Gasteiger partial charge in [0.1, 0.15) is 0 Å². The number of rotatable bonds is 5. The van der Waals surface area contributed by atoms with Crippen molar-refractivity contribution in [2.45, 2.75) is 13.3 Å². The summed E-state index contributed by atoms with van der Waals surface area (Å²) in [5.41, 5.74) is 3.86. The van der Waals surface area contributed by atoms with Crippen molar-refractivity contribution in [3.63, 3.8) is 0 Å². The van der Waals surface area contributed by atoms with E-state index in [1.807, 2.05) is 0 Å². The molecule has 1 heterocycles. The molecule has 0 aliphatic carbocycles. The molecule has 0 bridgehead atoms. The molecule has 3 N–H and O–H groups in total. The van der Waals surface area contributed by atoms with E-state index in [4.69, 9.17) is 28.3 Å². The number of aromatic amines is 1. The molecule has 2 rings (SSSR count). The fraction of sp³-hybridized carbons (Fsp3) is 0.214. The van der Waals surface area contributed by atoms with E-state index in [-0.39, 0.29) is 24.5 Å². The van der Waals surface area contributed by atoms with Gasteiger partial charge >= 0.3 is 0 Å². The molecule has 8 heteroatoms. The lowest BCUT2D eigenvalue weighted by molar-refractivity contribution is 0.298. The van der Waals surface area contributed by atoms with Gasteiger partial charge in [-0.3, -0.25) is 9.78 Å². The van der Waals surface area contributed by atoms with Crippen LogP contribution in [-0.4, -0.2) is 27.9 Å². The Kier molecular flexibility index (Phi) is 5.54. The SMILES string of the molecule is Cc1nc(NN=Cc2c(Cl)cccc2Cl)[nH]c(=O)c1CCO. The summed E-state index contributed by atoms with van der Waals surface area (Å²) < 4.78 is 0. The molecule has 1 aromatic carbocycles. The van der Waals surface area contributed by atoms with E-state index in [0.717, 1.165) is 0 Å². The van der Waals surface area contributed by atoms with E-state index in [2.05, 4.69) is 20.5 Å². The van der Waals surface area contributed by atoms with E-state index in [1.165, 1.54) is 6.21 Å². The Morgan fingerprint density at radius 3 is 2.68 bits per heavy atom. The second-order valence-electron chi connectivity index (χ2n) is 4.46. The number of aliphatic hydroxyl groups excluding tert-OH is 1. The van der Waals surface area contributed by atoms with Gasteiger partial charge in [0.05, 0.1) is 22.0 Å². The number of anilines is 1. The second kappa shape index (κ2) is 7.40. The number of benzene rings is 1. The minimum absolute atomic E-state index is 0.110. The van der Waals surface area contributed by atoms with Crippen LogP contribution in [0.2, 0.25) is 10.0 Å². The first kappa shape index (κ1) is 16.5. The van der Waals surface area contributed by atoms with Crippen molar-refractivity contribution in [1.82, 2.24) is 9.97 Å². The van der Waals surface area contributed by atoms with Gasteiger partial charge in [0.15, 0.2) is 0 Å². The van der Waals surface area contributed by atoms with Crippen molar-refractivity contribution in [3.05, 3.63) is 55.4 Å². The van der Waals surface area contributed by atoms with Crippen LogP contribution in [0, 0.1) is 6.92 Å². The Bertz CT molecular complexity index is 739. The number of aromatic nitrogens is 2. The van der Waals surface area contributed by atoms with Crippen molar-refractivity contribution in [3.8, 4) is 0 Å². The standard InChI is InChI=1S/C14H14Cl2N4O2/c1-8-9(5-6-21)13(22)19-14(18-8)20-17-7-10-11(15)3-2-4-12(10)16/h2-4,7,21H,5-6H2,1H3,(H2,18,19,20,22). The molecule has 0 saturated carbocycles. The predicted molar refractivity (Wildman–Crippen MR) is 88.1 cm³/mol. The largest absolute Gasteiger partial charge is 0.396 e. The van der Waals surface area contributed by atoms with Crippen molar-refractivity contribution in [1.29, 1.82) is 0 Å². The second-order valence-corrected chi connectivity index (χ2v) is 5.27. The quantitative estimate of drug-likeness (QED) is 0.575. The Balaban J connectivity index is 2.19. The molecule has 0 fully saturated rings. The monoisotopic (exact) mass is 340 g/mol. The lowest BCUT2D eigenvalue weighted by atomic mass is 10.2. The van der Waals surface area contributed by atoms with E-state index < -0.39 is 0 Å². The van der Waals surface area contributed by atoms with Crippen LogP contribution in [-0.2, 0) is 6.42 Å². The summed E-state index contributed by atoms with van der Waals surface area (Å²) in [5.74, 6) is 0.198. The first-order chi connectivity index (χ1) is 10.5. The molecule has 1 aromatic heterocycles.